The second kappa shape index (κ2) is 9.42. The van der Waals surface area contributed by atoms with Crippen molar-refractivity contribution >= 4 is 23.2 Å². The highest BCUT2D eigenvalue weighted by Crippen LogP contribution is 2.37. The van der Waals surface area contributed by atoms with E-state index < -0.39 is 53.4 Å². The normalized spacial score (nSPS) is 14.6. The molecule has 2 N–H and O–H groups in total. The predicted octanol–water partition coefficient (Wildman–Crippen LogP) is 5.29. The van der Waals surface area contributed by atoms with E-state index in [0.717, 1.165) is 25.0 Å². The van der Waals surface area contributed by atoms with Crippen molar-refractivity contribution in [3.8, 4) is 17.1 Å². The molecule has 0 saturated heterocycles. The van der Waals surface area contributed by atoms with Crippen molar-refractivity contribution in [1.29, 1.82) is 0 Å². The van der Waals surface area contributed by atoms with Gasteiger partial charge in [-0.1, -0.05) is 17.7 Å². The number of carbonyl (C=O) groups is 1. The third kappa shape index (κ3) is 5.22. The minimum atomic E-state index is -4.80. The molecule has 186 valence electrons. The number of alkyl halides is 3. The van der Waals surface area contributed by atoms with Gasteiger partial charge in [-0.2, -0.15) is 18.3 Å². The second-order valence-electron chi connectivity index (χ2n) is 7.87. The third-order valence-electron chi connectivity index (χ3n) is 5.26. The molecule has 0 spiro atoms. The highest BCUT2D eigenvalue weighted by Gasteiger charge is 2.39. The molecule has 1 aromatic heterocycles. The molecule has 2 aromatic carbocycles. The number of hydrogen-bond donors (Lipinski definition) is 2. The van der Waals surface area contributed by atoms with E-state index in [-0.39, 0.29) is 28.3 Å². The first-order chi connectivity index (χ1) is 16.5. The van der Waals surface area contributed by atoms with Crippen molar-refractivity contribution < 1.29 is 36.6 Å². The van der Waals surface area contributed by atoms with E-state index in [1.54, 1.807) is 0 Å². The molecule has 1 amide bonds. The van der Waals surface area contributed by atoms with Gasteiger partial charge in [-0.25, -0.2) is 18.4 Å². The van der Waals surface area contributed by atoms with Crippen molar-refractivity contribution in [3.63, 3.8) is 0 Å². The maximum Gasteiger partial charge on any atom is 0.425 e. The summed E-state index contributed by atoms with van der Waals surface area (Å²) in [5.41, 5.74) is -1.41. The topological polar surface area (TPSA) is 89.3 Å². The summed E-state index contributed by atoms with van der Waals surface area (Å²) in [6.07, 6.45) is -5.59. The van der Waals surface area contributed by atoms with Crippen LogP contribution in [0.5, 0.6) is 5.75 Å². The van der Waals surface area contributed by atoms with Gasteiger partial charge in [0.2, 0.25) is 0 Å². The first-order valence-corrected chi connectivity index (χ1v) is 10.8. The van der Waals surface area contributed by atoms with Crippen LogP contribution in [0.25, 0.3) is 11.4 Å². The van der Waals surface area contributed by atoms with Crippen LogP contribution in [0.2, 0.25) is 5.02 Å². The zero-order valence-corrected chi connectivity index (χ0v) is 18.8. The lowest BCUT2D eigenvalue weighted by Gasteiger charge is -2.20. The van der Waals surface area contributed by atoms with Gasteiger partial charge in [0.1, 0.15) is 24.0 Å². The van der Waals surface area contributed by atoms with E-state index in [1.807, 2.05) is 0 Å². The van der Waals surface area contributed by atoms with Gasteiger partial charge in [0.05, 0.1) is 27.9 Å². The van der Waals surface area contributed by atoms with Crippen molar-refractivity contribution in [1.82, 2.24) is 14.8 Å². The van der Waals surface area contributed by atoms with Gasteiger partial charge in [-0.05, 0) is 44.0 Å². The fraction of sp³-hybridized carbons (Fsp3) is 0.318. The van der Waals surface area contributed by atoms with E-state index in [2.05, 4.69) is 15.4 Å². The number of carbonyl (C=O) groups excluding carboxylic acids is 1. The standard InChI is InChI=1S/C22H18ClF5N4O3/c1-10(22(26,27)28)35-17-8-12(20-29-18(9-33)32(31-20)11-5-6-11)16(25)7-13(17)21(34)30-19-14(23)3-2-4-15(19)24/h2-4,7-8,10-11,33H,5-6,9H2,1H3,(H,30,34)/t10-/m0/s1. The number of benzene rings is 2. The molecular weight excluding hydrogens is 499 g/mol. The zero-order chi connectivity index (χ0) is 25.5. The summed E-state index contributed by atoms with van der Waals surface area (Å²) in [5.74, 6) is -3.78. The fourth-order valence-corrected chi connectivity index (χ4v) is 3.45. The van der Waals surface area contributed by atoms with Gasteiger partial charge < -0.3 is 15.2 Å². The lowest BCUT2D eigenvalue weighted by Crippen LogP contribution is -2.32. The number of anilines is 1. The largest absolute Gasteiger partial charge is 0.480 e. The number of aromatic nitrogens is 3. The van der Waals surface area contributed by atoms with Crippen LogP contribution in [-0.2, 0) is 6.61 Å². The average molecular weight is 517 g/mol. The van der Waals surface area contributed by atoms with Gasteiger partial charge >= 0.3 is 6.18 Å². The number of halogens is 6. The predicted molar refractivity (Wildman–Crippen MR) is 115 cm³/mol. The number of aliphatic hydroxyl groups excluding tert-OH is 1. The molecule has 1 aliphatic carbocycles. The van der Waals surface area contributed by atoms with Crippen molar-refractivity contribution in [2.75, 3.05) is 5.32 Å². The van der Waals surface area contributed by atoms with E-state index in [4.69, 9.17) is 16.3 Å². The Hall–Kier alpha value is -3.25. The average Bonchev–Trinajstić information content (AvgIpc) is 3.55. The van der Waals surface area contributed by atoms with E-state index in [0.29, 0.717) is 13.0 Å². The van der Waals surface area contributed by atoms with Crippen molar-refractivity contribution in [3.05, 3.63) is 58.4 Å². The Balaban J connectivity index is 1.77. The first-order valence-electron chi connectivity index (χ1n) is 10.4. The zero-order valence-electron chi connectivity index (χ0n) is 18.0. The van der Waals surface area contributed by atoms with Crippen molar-refractivity contribution in [2.24, 2.45) is 0 Å². The molecule has 0 aliphatic heterocycles. The van der Waals surface area contributed by atoms with Gasteiger partial charge in [0.25, 0.3) is 5.91 Å². The maximum absolute atomic E-state index is 15.1. The first kappa shape index (κ1) is 24.9. The van der Waals surface area contributed by atoms with Crippen LogP contribution in [0.1, 0.15) is 42.0 Å². The summed E-state index contributed by atoms with van der Waals surface area (Å²) in [7, 11) is 0. The molecule has 1 fully saturated rings. The second-order valence-corrected chi connectivity index (χ2v) is 8.27. The smallest absolute Gasteiger partial charge is 0.425 e. The fourth-order valence-electron chi connectivity index (χ4n) is 3.24. The molecule has 4 rings (SSSR count). The van der Waals surface area contributed by atoms with Crippen LogP contribution >= 0.6 is 11.6 Å². The Morgan fingerprint density at radius 3 is 2.60 bits per heavy atom. The highest BCUT2D eigenvalue weighted by atomic mass is 35.5. The number of hydrogen-bond acceptors (Lipinski definition) is 5. The Kier molecular flexibility index (Phi) is 6.69. The summed E-state index contributed by atoms with van der Waals surface area (Å²) < 4.78 is 75.2. The molecule has 35 heavy (non-hydrogen) atoms. The lowest BCUT2D eigenvalue weighted by molar-refractivity contribution is -0.189. The number of aliphatic hydroxyl groups is 1. The summed E-state index contributed by atoms with van der Waals surface area (Å²) in [5, 5.41) is 15.7. The van der Waals surface area contributed by atoms with Crippen LogP contribution < -0.4 is 10.1 Å². The molecule has 1 saturated carbocycles. The molecule has 0 radical (unpaired) electrons. The third-order valence-corrected chi connectivity index (χ3v) is 5.57. The molecular formula is C22H18ClF5N4O3. The minimum Gasteiger partial charge on any atom is -0.480 e. The van der Waals surface area contributed by atoms with Gasteiger partial charge in [-0.15, -0.1) is 0 Å². The van der Waals surface area contributed by atoms with Crippen LogP contribution in [0.15, 0.2) is 30.3 Å². The summed E-state index contributed by atoms with van der Waals surface area (Å²) in [6.45, 7) is 0.228. The molecule has 7 nitrogen and oxygen atoms in total. The Labute approximate surface area is 200 Å². The summed E-state index contributed by atoms with van der Waals surface area (Å²) in [4.78, 5) is 16.9. The van der Waals surface area contributed by atoms with Crippen LogP contribution in [0, 0.1) is 11.6 Å². The van der Waals surface area contributed by atoms with Gasteiger partial charge in [0, 0.05) is 0 Å². The van der Waals surface area contributed by atoms with E-state index in [1.165, 1.54) is 16.8 Å². The number of amides is 1. The maximum atomic E-state index is 15.1. The lowest BCUT2D eigenvalue weighted by atomic mass is 10.1. The summed E-state index contributed by atoms with van der Waals surface area (Å²) in [6, 6.07) is 5.08. The number of para-hydroxylation sites is 1. The molecule has 1 atom stereocenters. The van der Waals surface area contributed by atoms with Gasteiger partial charge in [0.15, 0.2) is 17.8 Å². The number of rotatable bonds is 7. The minimum absolute atomic E-state index is 0.0157. The molecule has 1 aliphatic rings. The number of ether oxygens (including phenoxy) is 1. The van der Waals surface area contributed by atoms with Crippen molar-refractivity contribution in [2.45, 2.75) is 44.7 Å². The number of nitrogens with zero attached hydrogens (tertiary/aromatic N) is 3. The van der Waals surface area contributed by atoms with Gasteiger partial charge in [-0.3, -0.25) is 4.79 Å². The Bertz CT molecular complexity index is 1260. The quantitative estimate of drug-likeness (QED) is 0.417. The monoisotopic (exact) mass is 516 g/mol. The molecule has 0 bridgehead atoms. The molecule has 3 aromatic rings. The van der Waals surface area contributed by atoms with E-state index in [9.17, 15) is 27.5 Å². The number of nitrogens with one attached hydrogen (secondary N) is 1. The Morgan fingerprint density at radius 2 is 2.00 bits per heavy atom. The molecule has 1 heterocycles. The molecule has 0 unspecified atom stereocenters. The van der Waals surface area contributed by atoms with Crippen LogP contribution in [0.3, 0.4) is 0 Å². The van der Waals surface area contributed by atoms with E-state index >= 15 is 4.39 Å². The van der Waals surface area contributed by atoms with Crippen LogP contribution in [0.4, 0.5) is 27.6 Å². The molecule has 13 heteroatoms. The van der Waals surface area contributed by atoms with Crippen LogP contribution in [-0.4, -0.2) is 38.1 Å². The summed E-state index contributed by atoms with van der Waals surface area (Å²) >= 11 is 5.89. The SMILES string of the molecule is C[C@H](Oc1cc(-c2nc(CO)n(C3CC3)n2)c(F)cc1C(=O)Nc1c(F)cccc1Cl)C(F)(F)F. The Morgan fingerprint density at radius 1 is 1.29 bits per heavy atom. The highest BCUT2D eigenvalue weighted by molar-refractivity contribution is 6.34.